The number of nitrogens with zero attached hydrogens (tertiary/aromatic N) is 3. The fraction of sp³-hybridized carbons (Fsp3) is 0.950. The zero-order valence-electron chi connectivity index (χ0n) is 16.4. The molecule has 0 aromatic carbocycles. The highest BCUT2D eigenvalue weighted by Crippen LogP contribution is 2.43. The molecule has 1 atom stereocenters. The first-order valence-corrected chi connectivity index (χ1v) is 10.5. The van der Waals surface area contributed by atoms with Crippen molar-refractivity contribution in [2.75, 3.05) is 59.0 Å². The maximum absolute atomic E-state index is 5.45. The Morgan fingerprint density at radius 2 is 1.88 bits per heavy atom. The lowest BCUT2D eigenvalue weighted by atomic mass is 9.73. The lowest BCUT2D eigenvalue weighted by molar-refractivity contribution is 0.0323. The smallest absolute Gasteiger partial charge is 0.193 e. The Kier molecular flexibility index (Phi) is 7.00. The van der Waals surface area contributed by atoms with Gasteiger partial charge in [-0.15, -0.1) is 0 Å². The van der Waals surface area contributed by atoms with Crippen molar-refractivity contribution in [3.63, 3.8) is 0 Å². The van der Waals surface area contributed by atoms with E-state index in [1.54, 1.807) is 0 Å². The molecule has 5 heteroatoms. The third-order valence-electron chi connectivity index (χ3n) is 6.21. The fourth-order valence-corrected chi connectivity index (χ4v) is 4.78. The standard InChI is InChI=1S/C20H38N4O/c1-3-21-19(22-15-18(2)16-23-11-13-25-14-12-23)24-10-9-20(17-24)7-5-4-6-8-20/h18H,3-17H2,1-2H3,(H,21,22). The van der Waals surface area contributed by atoms with E-state index in [2.05, 4.69) is 29.0 Å². The van der Waals surface area contributed by atoms with E-state index in [4.69, 9.17) is 9.73 Å². The number of likely N-dealkylation sites (tertiary alicyclic amines) is 1. The highest BCUT2D eigenvalue weighted by molar-refractivity contribution is 5.80. The van der Waals surface area contributed by atoms with Crippen LogP contribution >= 0.6 is 0 Å². The van der Waals surface area contributed by atoms with Crippen LogP contribution in [0.3, 0.4) is 0 Å². The minimum absolute atomic E-state index is 0.591. The predicted molar refractivity (Wildman–Crippen MR) is 104 cm³/mol. The second kappa shape index (κ2) is 9.22. The monoisotopic (exact) mass is 350 g/mol. The van der Waals surface area contributed by atoms with Crippen LogP contribution in [0, 0.1) is 11.3 Å². The summed E-state index contributed by atoms with van der Waals surface area (Å²) >= 11 is 0. The Hall–Kier alpha value is -0.810. The maximum atomic E-state index is 5.45. The Morgan fingerprint density at radius 3 is 2.60 bits per heavy atom. The predicted octanol–water partition coefficient (Wildman–Crippen LogP) is 2.58. The van der Waals surface area contributed by atoms with E-state index in [1.165, 1.54) is 51.6 Å². The molecule has 25 heavy (non-hydrogen) atoms. The van der Waals surface area contributed by atoms with Crippen LogP contribution in [0.2, 0.25) is 0 Å². The number of hydrogen-bond donors (Lipinski definition) is 1. The zero-order valence-corrected chi connectivity index (χ0v) is 16.4. The van der Waals surface area contributed by atoms with Gasteiger partial charge in [-0.05, 0) is 37.5 Å². The molecule has 5 nitrogen and oxygen atoms in total. The van der Waals surface area contributed by atoms with E-state index in [0.29, 0.717) is 11.3 Å². The molecule has 1 saturated carbocycles. The van der Waals surface area contributed by atoms with Crippen LogP contribution in [0.1, 0.15) is 52.4 Å². The molecule has 1 spiro atoms. The van der Waals surface area contributed by atoms with Gasteiger partial charge in [0.2, 0.25) is 0 Å². The zero-order chi connectivity index (χ0) is 17.5. The van der Waals surface area contributed by atoms with Crippen molar-refractivity contribution in [2.24, 2.45) is 16.3 Å². The lowest BCUT2D eigenvalue weighted by Crippen LogP contribution is -2.42. The second-order valence-corrected chi connectivity index (χ2v) is 8.44. The molecule has 3 aliphatic rings. The van der Waals surface area contributed by atoms with Gasteiger partial charge in [0.1, 0.15) is 0 Å². The Labute approximate surface area is 154 Å². The molecular formula is C20H38N4O. The Bertz CT molecular complexity index is 427. The lowest BCUT2D eigenvalue weighted by Gasteiger charge is -2.33. The number of rotatable bonds is 5. The first-order chi connectivity index (χ1) is 12.2. The quantitative estimate of drug-likeness (QED) is 0.611. The number of guanidine groups is 1. The number of aliphatic imine (C=N–C) groups is 1. The van der Waals surface area contributed by atoms with E-state index in [-0.39, 0.29) is 0 Å². The van der Waals surface area contributed by atoms with Gasteiger partial charge in [-0.1, -0.05) is 26.2 Å². The van der Waals surface area contributed by atoms with Gasteiger partial charge in [0.15, 0.2) is 5.96 Å². The van der Waals surface area contributed by atoms with Crippen molar-refractivity contribution >= 4 is 5.96 Å². The van der Waals surface area contributed by atoms with Crippen LogP contribution < -0.4 is 5.32 Å². The summed E-state index contributed by atoms with van der Waals surface area (Å²) in [4.78, 5) is 10.1. The van der Waals surface area contributed by atoms with Crippen molar-refractivity contribution in [1.82, 2.24) is 15.1 Å². The summed E-state index contributed by atoms with van der Waals surface area (Å²) < 4.78 is 5.45. The van der Waals surface area contributed by atoms with Crippen molar-refractivity contribution in [1.29, 1.82) is 0 Å². The summed E-state index contributed by atoms with van der Waals surface area (Å²) in [6, 6.07) is 0. The van der Waals surface area contributed by atoms with Crippen molar-refractivity contribution in [3.8, 4) is 0 Å². The van der Waals surface area contributed by atoms with Gasteiger partial charge in [0.25, 0.3) is 0 Å². The highest BCUT2D eigenvalue weighted by Gasteiger charge is 2.39. The molecule has 0 aromatic rings. The van der Waals surface area contributed by atoms with Gasteiger partial charge in [-0.2, -0.15) is 0 Å². The van der Waals surface area contributed by atoms with Crippen LogP contribution in [-0.2, 0) is 4.74 Å². The summed E-state index contributed by atoms with van der Waals surface area (Å²) in [5.41, 5.74) is 0.591. The van der Waals surface area contributed by atoms with E-state index < -0.39 is 0 Å². The molecule has 144 valence electrons. The fourth-order valence-electron chi connectivity index (χ4n) is 4.78. The highest BCUT2D eigenvalue weighted by atomic mass is 16.5. The van der Waals surface area contributed by atoms with Gasteiger partial charge >= 0.3 is 0 Å². The van der Waals surface area contributed by atoms with Gasteiger partial charge in [-0.3, -0.25) is 9.89 Å². The molecular weight excluding hydrogens is 312 g/mol. The summed E-state index contributed by atoms with van der Waals surface area (Å²) in [5.74, 6) is 1.75. The van der Waals surface area contributed by atoms with E-state index in [0.717, 1.165) is 51.9 Å². The van der Waals surface area contributed by atoms with Crippen molar-refractivity contribution < 1.29 is 4.74 Å². The van der Waals surface area contributed by atoms with Crippen molar-refractivity contribution in [3.05, 3.63) is 0 Å². The molecule has 0 aromatic heterocycles. The average Bonchev–Trinajstić information content (AvgIpc) is 3.03. The topological polar surface area (TPSA) is 40.1 Å². The molecule has 2 saturated heterocycles. The molecule has 2 aliphatic heterocycles. The Morgan fingerprint density at radius 1 is 1.12 bits per heavy atom. The van der Waals surface area contributed by atoms with Gasteiger partial charge in [0.05, 0.1) is 13.2 Å². The van der Waals surface area contributed by atoms with E-state index in [9.17, 15) is 0 Å². The first-order valence-electron chi connectivity index (χ1n) is 10.5. The number of hydrogen-bond acceptors (Lipinski definition) is 3. The largest absolute Gasteiger partial charge is 0.379 e. The molecule has 3 fully saturated rings. The summed E-state index contributed by atoms with van der Waals surface area (Å²) in [7, 11) is 0. The molecule has 0 amide bonds. The maximum Gasteiger partial charge on any atom is 0.193 e. The third kappa shape index (κ3) is 5.33. The second-order valence-electron chi connectivity index (χ2n) is 8.44. The number of ether oxygens (including phenoxy) is 1. The normalized spacial score (nSPS) is 26.2. The Balaban J connectivity index is 1.52. The van der Waals surface area contributed by atoms with Gasteiger partial charge < -0.3 is 15.0 Å². The SMILES string of the molecule is CCNC(=NCC(C)CN1CCOCC1)N1CCC2(CCCCC2)C1. The molecule has 3 rings (SSSR count). The average molecular weight is 351 g/mol. The molecule has 0 radical (unpaired) electrons. The van der Waals surface area contributed by atoms with Crippen LogP contribution in [-0.4, -0.2) is 74.8 Å². The molecule has 2 heterocycles. The van der Waals surface area contributed by atoms with E-state index in [1.807, 2.05) is 0 Å². The third-order valence-corrected chi connectivity index (χ3v) is 6.21. The molecule has 1 N–H and O–H groups in total. The van der Waals surface area contributed by atoms with Crippen molar-refractivity contribution in [2.45, 2.75) is 52.4 Å². The minimum atomic E-state index is 0.591. The summed E-state index contributed by atoms with van der Waals surface area (Å²) in [6.07, 6.45) is 8.51. The first kappa shape index (κ1) is 19.0. The van der Waals surface area contributed by atoms with E-state index >= 15 is 0 Å². The van der Waals surface area contributed by atoms with Gasteiger partial charge in [-0.25, -0.2) is 0 Å². The summed E-state index contributed by atoms with van der Waals surface area (Å²) in [6.45, 7) is 13.8. The van der Waals surface area contributed by atoms with Crippen LogP contribution in [0.15, 0.2) is 4.99 Å². The number of morpholine rings is 1. The van der Waals surface area contributed by atoms with Crippen LogP contribution in [0.4, 0.5) is 0 Å². The molecule has 1 aliphatic carbocycles. The minimum Gasteiger partial charge on any atom is -0.379 e. The molecule has 1 unspecified atom stereocenters. The van der Waals surface area contributed by atoms with Crippen LogP contribution in [0.25, 0.3) is 0 Å². The number of nitrogens with one attached hydrogen (secondary N) is 1. The van der Waals surface area contributed by atoms with Gasteiger partial charge in [0, 0.05) is 45.8 Å². The summed E-state index contributed by atoms with van der Waals surface area (Å²) in [5, 5.41) is 3.55. The molecule has 0 bridgehead atoms. The van der Waals surface area contributed by atoms with Crippen LogP contribution in [0.5, 0.6) is 0 Å².